The van der Waals surface area contributed by atoms with Crippen LogP contribution in [-0.2, 0) is 11.3 Å². The molecule has 0 saturated carbocycles. The number of carbonyl (C=O) groups excluding carboxylic acids is 1. The van der Waals surface area contributed by atoms with Gasteiger partial charge in [0.15, 0.2) is 0 Å². The molecular formula is C16H20N2O3. The smallest absolute Gasteiger partial charge is 0.340 e. The van der Waals surface area contributed by atoms with E-state index in [1.54, 1.807) is 6.07 Å². The van der Waals surface area contributed by atoms with Crippen LogP contribution >= 0.6 is 0 Å². The Bertz CT molecular complexity index is 662. The SMILES string of the molecule is COC(=O)c1cc(N(C)Cc2ccc(C)o2)cc(C)c1N. The number of methoxy groups -OCH3 is 1. The van der Waals surface area contributed by atoms with Crippen molar-refractivity contribution in [1.82, 2.24) is 0 Å². The van der Waals surface area contributed by atoms with Crippen LogP contribution in [0.25, 0.3) is 0 Å². The minimum absolute atomic E-state index is 0.384. The molecular weight excluding hydrogens is 268 g/mol. The number of hydrogen-bond acceptors (Lipinski definition) is 5. The molecule has 1 aromatic carbocycles. The number of ether oxygens (including phenoxy) is 1. The molecule has 21 heavy (non-hydrogen) atoms. The van der Waals surface area contributed by atoms with E-state index in [4.69, 9.17) is 14.9 Å². The average molecular weight is 288 g/mol. The maximum Gasteiger partial charge on any atom is 0.340 e. The number of nitrogens with two attached hydrogens (primary N) is 1. The van der Waals surface area contributed by atoms with E-state index in [1.807, 2.05) is 44.0 Å². The number of benzene rings is 1. The lowest BCUT2D eigenvalue weighted by Gasteiger charge is -2.20. The van der Waals surface area contributed by atoms with E-state index < -0.39 is 5.97 Å². The van der Waals surface area contributed by atoms with Gasteiger partial charge in [-0.15, -0.1) is 0 Å². The molecule has 0 bridgehead atoms. The summed E-state index contributed by atoms with van der Waals surface area (Å²) >= 11 is 0. The zero-order valence-electron chi connectivity index (χ0n) is 12.8. The maximum atomic E-state index is 11.8. The number of nitrogens with zero attached hydrogens (tertiary/aromatic N) is 1. The summed E-state index contributed by atoms with van der Waals surface area (Å²) in [5.41, 5.74) is 8.51. The molecule has 0 fully saturated rings. The van der Waals surface area contributed by atoms with Crippen LogP contribution in [-0.4, -0.2) is 20.1 Å². The normalized spacial score (nSPS) is 10.5. The van der Waals surface area contributed by atoms with Crippen molar-refractivity contribution < 1.29 is 13.9 Å². The highest BCUT2D eigenvalue weighted by Crippen LogP contribution is 2.26. The fraction of sp³-hybridized carbons (Fsp3) is 0.312. The molecule has 0 amide bonds. The highest BCUT2D eigenvalue weighted by molar-refractivity contribution is 5.97. The van der Waals surface area contributed by atoms with Crippen molar-refractivity contribution in [3.63, 3.8) is 0 Å². The number of carbonyl (C=O) groups is 1. The number of aryl methyl sites for hydroxylation is 2. The molecule has 2 N–H and O–H groups in total. The Labute approximate surface area is 124 Å². The number of furan rings is 1. The van der Waals surface area contributed by atoms with Gasteiger partial charge in [-0.3, -0.25) is 0 Å². The zero-order valence-corrected chi connectivity index (χ0v) is 12.8. The lowest BCUT2D eigenvalue weighted by Crippen LogP contribution is -2.17. The van der Waals surface area contributed by atoms with E-state index in [0.717, 1.165) is 22.8 Å². The van der Waals surface area contributed by atoms with Crippen molar-refractivity contribution in [2.24, 2.45) is 0 Å². The summed E-state index contributed by atoms with van der Waals surface area (Å²) < 4.78 is 10.3. The van der Waals surface area contributed by atoms with E-state index in [2.05, 4.69) is 0 Å². The van der Waals surface area contributed by atoms with Crippen molar-refractivity contribution in [3.05, 3.63) is 46.9 Å². The third-order valence-electron chi connectivity index (χ3n) is 3.41. The first kappa shape index (κ1) is 15.0. The summed E-state index contributed by atoms with van der Waals surface area (Å²) in [4.78, 5) is 13.8. The number of nitrogen functional groups attached to an aromatic ring is 1. The third-order valence-corrected chi connectivity index (χ3v) is 3.41. The highest BCUT2D eigenvalue weighted by atomic mass is 16.5. The molecule has 0 spiro atoms. The second-order valence-electron chi connectivity index (χ2n) is 5.08. The van der Waals surface area contributed by atoms with Gasteiger partial charge in [0.2, 0.25) is 0 Å². The minimum Gasteiger partial charge on any atom is -0.465 e. The van der Waals surface area contributed by atoms with E-state index in [1.165, 1.54) is 7.11 Å². The Morgan fingerprint density at radius 1 is 1.33 bits per heavy atom. The van der Waals surface area contributed by atoms with Gasteiger partial charge in [0.1, 0.15) is 11.5 Å². The van der Waals surface area contributed by atoms with Crippen LogP contribution in [0.4, 0.5) is 11.4 Å². The molecule has 2 aromatic rings. The fourth-order valence-electron chi connectivity index (χ4n) is 2.17. The first-order chi connectivity index (χ1) is 9.92. The van der Waals surface area contributed by atoms with Gasteiger partial charge in [0.25, 0.3) is 0 Å². The van der Waals surface area contributed by atoms with Crippen molar-refractivity contribution in [2.45, 2.75) is 20.4 Å². The van der Waals surface area contributed by atoms with Gasteiger partial charge in [-0.2, -0.15) is 0 Å². The van der Waals surface area contributed by atoms with Crippen LogP contribution in [0.3, 0.4) is 0 Å². The Morgan fingerprint density at radius 3 is 2.62 bits per heavy atom. The average Bonchev–Trinajstić information content (AvgIpc) is 2.86. The second-order valence-corrected chi connectivity index (χ2v) is 5.08. The van der Waals surface area contributed by atoms with Crippen molar-refractivity contribution in [3.8, 4) is 0 Å². The first-order valence-corrected chi connectivity index (χ1v) is 6.67. The molecule has 5 heteroatoms. The zero-order chi connectivity index (χ0) is 15.6. The van der Waals surface area contributed by atoms with Crippen molar-refractivity contribution >= 4 is 17.3 Å². The molecule has 2 rings (SSSR count). The maximum absolute atomic E-state index is 11.8. The standard InChI is InChI=1S/C16H20N2O3/c1-10-7-12(8-14(15(10)17)16(19)20-4)18(3)9-13-6-5-11(2)21-13/h5-8H,9,17H2,1-4H3. The van der Waals surface area contributed by atoms with Gasteiger partial charge in [0, 0.05) is 18.4 Å². The molecule has 0 aliphatic rings. The summed E-state index contributed by atoms with van der Waals surface area (Å²) in [7, 11) is 3.28. The number of rotatable bonds is 4. The largest absolute Gasteiger partial charge is 0.465 e. The summed E-state index contributed by atoms with van der Waals surface area (Å²) in [6, 6.07) is 7.55. The Hall–Kier alpha value is -2.43. The molecule has 0 unspecified atom stereocenters. The molecule has 112 valence electrons. The van der Waals surface area contributed by atoms with Gasteiger partial charge < -0.3 is 19.8 Å². The van der Waals surface area contributed by atoms with E-state index >= 15 is 0 Å². The molecule has 0 atom stereocenters. The van der Waals surface area contributed by atoms with Gasteiger partial charge in [-0.1, -0.05) is 0 Å². The van der Waals surface area contributed by atoms with Gasteiger partial charge in [-0.25, -0.2) is 4.79 Å². The number of hydrogen-bond donors (Lipinski definition) is 1. The van der Waals surface area contributed by atoms with Crippen LogP contribution in [0.2, 0.25) is 0 Å². The van der Waals surface area contributed by atoms with Crippen LogP contribution < -0.4 is 10.6 Å². The molecule has 0 aliphatic carbocycles. The fourth-order valence-corrected chi connectivity index (χ4v) is 2.17. The summed E-state index contributed by atoms with van der Waals surface area (Å²) in [5, 5.41) is 0. The number of esters is 1. The lowest BCUT2D eigenvalue weighted by molar-refractivity contribution is 0.0602. The van der Waals surface area contributed by atoms with Crippen LogP contribution in [0, 0.1) is 13.8 Å². The lowest BCUT2D eigenvalue weighted by atomic mass is 10.1. The van der Waals surface area contributed by atoms with Crippen LogP contribution in [0.5, 0.6) is 0 Å². The van der Waals surface area contributed by atoms with E-state index in [0.29, 0.717) is 17.8 Å². The highest BCUT2D eigenvalue weighted by Gasteiger charge is 2.15. The molecule has 1 aromatic heterocycles. The second kappa shape index (κ2) is 5.91. The molecule has 0 saturated heterocycles. The van der Waals surface area contributed by atoms with E-state index in [9.17, 15) is 4.79 Å². The topological polar surface area (TPSA) is 68.7 Å². The predicted octanol–water partition coefficient (Wildman–Crippen LogP) is 2.90. The predicted molar refractivity (Wildman–Crippen MR) is 82.5 cm³/mol. The Balaban J connectivity index is 2.30. The van der Waals surface area contributed by atoms with Gasteiger partial charge in [0.05, 0.1) is 19.2 Å². The third kappa shape index (κ3) is 3.18. The minimum atomic E-state index is -0.431. The quantitative estimate of drug-likeness (QED) is 0.692. The van der Waals surface area contributed by atoms with Gasteiger partial charge >= 0.3 is 5.97 Å². The monoisotopic (exact) mass is 288 g/mol. The molecule has 0 aliphatic heterocycles. The molecule has 0 radical (unpaired) electrons. The Kier molecular flexibility index (Phi) is 4.21. The van der Waals surface area contributed by atoms with Crippen LogP contribution in [0.1, 0.15) is 27.4 Å². The Morgan fingerprint density at radius 2 is 2.05 bits per heavy atom. The summed E-state index contributed by atoms with van der Waals surface area (Å²) in [6.07, 6.45) is 0. The molecule has 1 heterocycles. The number of anilines is 2. The summed E-state index contributed by atoms with van der Waals surface area (Å²) in [5.74, 6) is 1.31. The first-order valence-electron chi connectivity index (χ1n) is 6.67. The van der Waals surface area contributed by atoms with Gasteiger partial charge in [-0.05, 0) is 43.7 Å². The molecule has 5 nitrogen and oxygen atoms in total. The van der Waals surface area contributed by atoms with Crippen molar-refractivity contribution in [2.75, 3.05) is 24.8 Å². The summed E-state index contributed by atoms with van der Waals surface area (Å²) in [6.45, 7) is 4.39. The van der Waals surface area contributed by atoms with Crippen molar-refractivity contribution in [1.29, 1.82) is 0 Å². The van der Waals surface area contributed by atoms with Crippen LogP contribution in [0.15, 0.2) is 28.7 Å². The van der Waals surface area contributed by atoms with E-state index in [-0.39, 0.29) is 0 Å².